The van der Waals surface area contributed by atoms with E-state index in [1.165, 1.54) is 62.8 Å². The van der Waals surface area contributed by atoms with Crippen molar-refractivity contribution < 1.29 is 4.79 Å². The lowest BCUT2D eigenvalue weighted by atomic mass is 9.43. The first-order valence-electron chi connectivity index (χ1n) is 12.9. The fourth-order valence-corrected chi connectivity index (χ4v) is 9.04. The topological polar surface area (TPSA) is 80.4 Å². The van der Waals surface area contributed by atoms with E-state index < -0.39 is 0 Å². The van der Waals surface area contributed by atoms with Crippen molar-refractivity contribution in [2.45, 2.75) is 98.3 Å². The molecular weight excluding hydrogens is 384 g/mol. The van der Waals surface area contributed by atoms with Crippen molar-refractivity contribution in [1.29, 1.82) is 10.9 Å². The molecule has 2 N–H and O–H groups in total. The second-order valence-electron chi connectivity index (χ2n) is 12.2. The Morgan fingerprint density at radius 2 is 1.65 bits per heavy atom. The van der Waals surface area contributed by atoms with Gasteiger partial charge in [-0.1, -0.05) is 45.3 Å². The summed E-state index contributed by atoms with van der Waals surface area (Å²) in [5, 5.41) is 12.5. The zero-order valence-electron chi connectivity index (χ0n) is 20.3. The maximum absolute atomic E-state index is 13.4. The van der Waals surface area contributed by atoms with Gasteiger partial charge in [-0.3, -0.25) is 10.2 Å². The van der Waals surface area contributed by atoms with Crippen LogP contribution in [0, 0.1) is 57.3 Å². The Hall–Kier alpha value is -1.26. The predicted octanol–water partition coefficient (Wildman–Crippen LogP) is 6.88. The minimum Gasteiger partial charge on any atom is -0.297 e. The van der Waals surface area contributed by atoms with Crippen molar-refractivity contribution in [2.24, 2.45) is 51.6 Å². The third kappa shape index (κ3) is 3.99. The van der Waals surface area contributed by atoms with Gasteiger partial charge in [-0.15, -0.1) is 0 Å². The Morgan fingerprint density at radius 1 is 1.00 bits per heavy atom. The molecule has 4 rings (SSSR count). The SMILES string of the molecule is CC(=N)N(CC(=O)C1CCCC2C3CCC4(C)CC(C)CCCC4C3CCC12C)N=N. The molecule has 0 saturated heterocycles. The summed E-state index contributed by atoms with van der Waals surface area (Å²) in [4.78, 5) is 13.4. The number of fused-ring (bicyclic) bond motifs is 5. The molecule has 31 heavy (non-hydrogen) atoms. The van der Waals surface area contributed by atoms with Gasteiger partial charge in [-0.2, -0.15) is 5.53 Å². The molecule has 0 radical (unpaired) electrons. The van der Waals surface area contributed by atoms with Crippen LogP contribution in [0.5, 0.6) is 0 Å². The zero-order chi connectivity index (χ0) is 22.4. The normalized spacial score (nSPS) is 44.8. The largest absolute Gasteiger partial charge is 0.297 e. The van der Waals surface area contributed by atoms with Crippen molar-refractivity contribution in [3.8, 4) is 0 Å². The summed E-state index contributed by atoms with van der Waals surface area (Å²) >= 11 is 0. The van der Waals surface area contributed by atoms with Gasteiger partial charge in [-0.25, -0.2) is 5.01 Å². The van der Waals surface area contributed by atoms with Gasteiger partial charge in [0.05, 0.1) is 0 Å². The lowest BCUT2D eigenvalue weighted by Gasteiger charge is -2.61. The molecule has 4 fully saturated rings. The standard InChI is InChI=1S/C26H44N4O/c1-17-7-5-8-21-19-12-14-26(4)22(20(19)11-13-25(21,3)15-17)9-6-10-23(26)24(31)16-30(29-28)18(2)27/h17,19-23,27-28H,5-16H2,1-4H3. The fourth-order valence-electron chi connectivity index (χ4n) is 9.04. The molecule has 4 saturated carbocycles. The maximum Gasteiger partial charge on any atom is 0.158 e. The maximum atomic E-state index is 13.4. The van der Waals surface area contributed by atoms with Gasteiger partial charge in [-0.05, 0) is 98.7 Å². The molecule has 8 unspecified atom stereocenters. The first-order chi connectivity index (χ1) is 14.7. The van der Waals surface area contributed by atoms with Crippen LogP contribution in [0.3, 0.4) is 0 Å². The molecule has 0 spiro atoms. The highest BCUT2D eigenvalue weighted by Gasteiger charge is 2.58. The summed E-state index contributed by atoms with van der Waals surface area (Å²) in [5.74, 6) is 4.53. The highest BCUT2D eigenvalue weighted by molar-refractivity contribution is 5.88. The zero-order valence-corrected chi connectivity index (χ0v) is 20.3. The Balaban J connectivity index is 1.55. The van der Waals surface area contributed by atoms with E-state index in [9.17, 15) is 4.79 Å². The van der Waals surface area contributed by atoms with Crippen molar-refractivity contribution >= 4 is 11.6 Å². The molecule has 5 heteroatoms. The average molecular weight is 429 g/mol. The Kier molecular flexibility index (Phi) is 6.35. The number of carbonyl (C=O) groups excluding carboxylic acids is 1. The van der Waals surface area contributed by atoms with Crippen LogP contribution in [0.1, 0.15) is 98.3 Å². The Labute approximate surface area is 189 Å². The van der Waals surface area contributed by atoms with Crippen LogP contribution in [0.2, 0.25) is 0 Å². The van der Waals surface area contributed by atoms with Gasteiger partial charge in [0.25, 0.3) is 0 Å². The third-order valence-electron chi connectivity index (χ3n) is 10.4. The quantitative estimate of drug-likeness (QED) is 0.221. The van der Waals surface area contributed by atoms with E-state index in [0.29, 0.717) is 11.3 Å². The molecule has 4 aliphatic carbocycles. The van der Waals surface area contributed by atoms with Gasteiger partial charge in [0.1, 0.15) is 12.4 Å². The number of hydrogen-bond donors (Lipinski definition) is 2. The fraction of sp³-hybridized carbons (Fsp3) is 0.923. The molecule has 0 bridgehead atoms. The van der Waals surface area contributed by atoms with Gasteiger partial charge in [0.2, 0.25) is 0 Å². The number of nitrogens with zero attached hydrogens (tertiary/aromatic N) is 2. The smallest absolute Gasteiger partial charge is 0.158 e. The second-order valence-corrected chi connectivity index (χ2v) is 12.2. The van der Waals surface area contributed by atoms with Crippen molar-refractivity contribution in [1.82, 2.24) is 5.01 Å². The van der Waals surface area contributed by atoms with Crippen LogP contribution in [-0.2, 0) is 4.79 Å². The van der Waals surface area contributed by atoms with E-state index in [2.05, 4.69) is 26.0 Å². The minimum absolute atomic E-state index is 0.0678. The molecule has 174 valence electrons. The highest BCUT2D eigenvalue weighted by atomic mass is 16.1. The highest BCUT2D eigenvalue weighted by Crippen LogP contribution is 2.65. The molecule has 0 amide bonds. The van der Waals surface area contributed by atoms with Gasteiger partial charge < -0.3 is 0 Å². The van der Waals surface area contributed by atoms with Crippen molar-refractivity contribution in [3.63, 3.8) is 0 Å². The lowest BCUT2D eigenvalue weighted by Crippen LogP contribution is -2.55. The summed E-state index contributed by atoms with van der Waals surface area (Å²) in [5.41, 5.74) is 7.97. The number of rotatable bonds is 4. The van der Waals surface area contributed by atoms with Crippen LogP contribution >= 0.6 is 0 Å². The molecule has 8 atom stereocenters. The number of amidine groups is 1. The van der Waals surface area contributed by atoms with Crippen molar-refractivity contribution in [2.75, 3.05) is 6.54 Å². The summed E-state index contributed by atoms with van der Waals surface area (Å²) in [6.45, 7) is 9.19. The van der Waals surface area contributed by atoms with Gasteiger partial charge in [0, 0.05) is 5.92 Å². The first kappa shape index (κ1) is 22.9. The number of Topliss-reactive ketones (excluding diaryl/α,β-unsaturated/α-hetero) is 1. The van der Waals surface area contributed by atoms with Gasteiger partial charge >= 0.3 is 0 Å². The molecule has 0 aromatic rings. The van der Waals surface area contributed by atoms with Crippen LogP contribution in [0.25, 0.3) is 0 Å². The number of carbonyl (C=O) groups is 1. The predicted molar refractivity (Wildman–Crippen MR) is 124 cm³/mol. The Morgan fingerprint density at radius 3 is 2.35 bits per heavy atom. The molecule has 0 heterocycles. The van der Waals surface area contributed by atoms with Crippen LogP contribution in [-0.4, -0.2) is 23.2 Å². The van der Waals surface area contributed by atoms with E-state index in [1.807, 2.05) is 0 Å². The lowest BCUT2D eigenvalue weighted by molar-refractivity contribution is -0.147. The number of ketones is 1. The molecule has 0 aromatic carbocycles. The van der Waals surface area contributed by atoms with Crippen molar-refractivity contribution in [3.05, 3.63) is 0 Å². The second kappa shape index (κ2) is 8.59. The number of hydrogen-bond acceptors (Lipinski definition) is 4. The first-order valence-corrected chi connectivity index (χ1v) is 12.9. The van der Waals surface area contributed by atoms with Crippen LogP contribution < -0.4 is 0 Å². The van der Waals surface area contributed by atoms with E-state index in [-0.39, 0.29) is 29.5 Å². The van der Waals surface area contributed by atoms with Crippen LogP contribution in [0.15, 0.2) is 5.22 Å². The molecular formula is C26H44N4O. The summed E-state index contributed by atoms with van der Waals surface area (Å²) in [6.07, 6.45) is 14.3. The molecule has 4 aliphatic rings. The van der Waals surface area contributed by atoms with E-state index >= 15 is 0 Å². The summed E-state index contributed by atoms with van der Waals surface area (Å²) < 4.78 is 0. The molecule has 0 aliphatic heterocycles. The number of nitrogens with one attached hydrogen (secondary N) is 2. The van der Waals surface area contributed by atoms with E-state index in [0.717, 1.165) is 36.5 Å². The van der Waals surface area contributed by atoms with Gasteiger partial charge in [0.15, 0.2) is 5.78 Å². The monoisotopic (exact) mass is 428 g/mol. The van der Waals surface area contributed by atoms with E-state index in [1.54, 1.807) is 6.92 Å². The average Bonchev–Trinajstić information content (AvgIpc) is 2.87. The van der Waals surface area contributed by atoms with E-state index in [4.69, 9.17) is 10.9 Å². The third-order valence-corrected chi connectivity index (χ3v) is 10.4. The minimum atomic E-state index is 0.0678. The Bertz CT molecular complexity index is 722. The van der Waals surface area contributed by atoms with Crippen LogP contribution in [0.4, 0.5) is 0 Å². The summed E-state index contributed by atoms with van der Waals surface area (Å²) in [7, 11) is 0. The molecule has 5 nitrogen and oxygen atoms in total. The summed E-state index contributed by atoms with van der Waals surface area (Å²) in [6, 6.07) is 0. The molecule has 0 aromatic heterocycles.